The predicted molar refractivity (Wildman–Crippen MR) is 185 cm³/mol. The highest BCUT2D eigenvalue weighted by Crippen LogP contribution is 2.38. The summed E-state index contributed by atoms with van der Waals surface area (Å²) in [6.07, 6.45) is 1.62. The van der Waals surface area contributed by atoms with Crippen LogP contribution >= 0.6 is 0 Å². The first-order valence-corrected chi connectivity index (χ1v) is 18.1. The molecule has 6 N–H and O–H groups in total. The summed E-state index contributed by atoms with van der Waals surface area (Å²) in [5.74, 6) is -1.84. The number of carbonyl (C=O) groups excluding carboxylic acids is 3. The number of methoxy groups -OCH3 is 1. The van der Waals surface area contributed by atoms with E-state index in [1.165, 1.54) is 67.8 Å². The van der Waals surface area contributed by atoms with Crippen LogP contribution in [0.3, 0.4) is 0 Å². The Morgan fingerprint density at radius 2 is 1.27 bits per heavy atom. The number of ether oxygens (including phenoxy) is 1. The van der Waals surface area contributed by atoms with E-state index in [1.807, 2.05) is 0 Å². The quantitative estimate of drug-likeness (QED) is 0.160. The van der Waals surface area contributed by atoms with Crippen molar-refractivity contribution in [2.24, 2.45) is 17.4 Å². The molecule has 0 bridgehead atoms. The lowest BCUT2D eigenvalue weighted by Crippen LogP contribution is -2.39. The summed E-state index contributed by atoms with van der Waals surface area (Å²) in [5, 5.41) is 6.49. The third-order valence-electron chi connectivity index (χ3n) is 8.04. The van der Waals surface area contributed by atoms with Gasteiger partial charge in [-0.15, -0.1) is 0 Å². The third kappa shape index (κ3) is 7.61. The van der Waals surface area contributed by atoms with Gasteiger partial charge in [-0.05, 0) is 80.1 Å². The predicted octanol–water partition coefficient (Wildman–Crippen LogP) is 2.15. The molecule has 4 aromatic carbocycles. The smallest absolute Gasteiger partial charge is 0.264 e. The summed E-state index contributed by atoms with van der Waals surface area (Å²) in [5.41, 5.74) is 11.5. The highest BCUT2D eigenvalue weighted by atomic mass is 32.2. The molecule has 1 aliphatic heterocycles. The van der Waals surface area contributed by atoms with Crippen LogP contribution in [0.5, 0.6) is 5.75 Å². The zero-order chi connectivity index (χ0) is 35.3. The number of hydrogen-bond acceptors (Lipinski definition) is 9. The Kier molecular flexibility index (Phi) is 10.4. The van der Waals surface area contributed by atoms with E-state index in [1.54, 1.807) is 24.3 Å². The van der Waals surface area contributed by atoms with Crippen molar-refractivity contribution < 1.29 is 36.0 Å². The highest BCUT2D eigenvalue weighted by Gasteiger charge is 2.32. The van der Waals surface area contributed by atoms with Gasteiger partial charge in [0.15, 0.2) is 0 Å². The maximum Gasteiger partial charge on any atom is 0.264 e. The van der Waals surface area contributed by atoms with E-state index in [0.717, 1.165) is 28.0 Å². The Balaban J connectivity index is 1.55. The topological polar surface area (TPSA) is 211 Å². The molecular weight excluding hydrogens is 673 g/mol. The Bertz CT molecular complexity index is 2080. The molecule has 1 atom stereocenters. The van der Waals surface area contributed by atoms with Gasteiger partial charge in [-0.3, -0.25) is 23.0 Å². The Labute approximate surface area is 284 Å². The zero-order valence-corrected chi connectivity index (χ0v) is 28.2. The van der Waals surface area contributed by atoms with Crippen molar-refractivity contribution in [1.82, 2.24) is 5.32 Å². The van der Waals surface area contributed by atoms with Gasteiger partial charge in [0.05, 0.1) is 34.2 Å². The molecule has 0 aliphatic carbocycles. The number of nitrogens with one attached hydrogen (secondary N) is 2. The van der Waals surface area contributed by atoms with Crippen LogP contribution in [-0.2, 0) is 34.4 Å². The molecular formula is C33H36N6O8S2. The standard InChI is InChI=1S/C33H36N6O8S2/c1-47-24-10-14-26(15-11-24)49(45,46)39(21-32(35)41)30-17-16-29(27-6-2-3-7-28(27)30)38(20-31(34)40)48(43,44)25-12-8-23(9-13-25)37-33(42)22-5-4-18-36-19-22/h2-3,6-17,22,36H,4-5,18-21H2,1H3,(H2,34,40)(H2,35,41)(H,37,42)/t22-/m0/s1. The number of piperidine rings is 1. The maximum atomic E-state index is 14.1. The molecule has 14 nitrogen and oxygen atoms in total. The number of amides is 3. The molecule has 1 saturated heterocycles. The number of nitrogens with two attached hydrogens (primary N) is 2. The summed E-state index contributed by atoms with van der Waals surface area (Å²) in [6, 6.07) is 20.1. The molecule has 16 heteroatoms. The number of primary amides is 2. The van der Waals surface area contributed by atoms with Gasteiger partial charge in [-0.25, -0.2) is 16.8 Å². The van der Waals surface area contributed by atoms with Gasteiger partial charge in [0.25, 0.3) is 20.0 Å². The van der Waals surface area contributed by atoms with Crippen molar-refractivity contribution in [1.29, 1.82) is 0 Å². The Morgan fingerprint density at radius 1 is 0.776 bits per heavy atom. The lowest BCUT2D eigenvalue weighted by molar-refractivity contribution is -0.120. The molecule has 0 aromatic heterocycles. The maximum absolute atomic E-state index is 14.1. The normalized spacial score (nSPS) is 14.9. The van der Waals surface area contributed by atoms with Gasteiger partial charge < -0.3 is 26.8 Å². The lowest BCUT2D eigenvalue weighted by atomic mass is 9.99. The zero-order valence-electron chi connectivity index (χ0n) is 26.5. The van der Waals surface area contributed by atoms with Crippen LogP contribution in [0.25, 0.3) is 10.8 Å². The van der Waals surface area contributed by atoms with E-state index in [-0.39, 0.29) is 43.8 Å². The summed E-state index contributed by atoms with van der Waals surface area (Å²) in [4.78, 5) is 36.8. The number of benzene rings is 4. The van der Waals surface area contributed by atoms with Crippen molar-refractivity contribution in [3.8, 4) is 5.75 Å². The first-order chi connectivity index (χ1) is 23.3. The lowest BCUT2D eigenvalue weighted by Gasteiger charge is -2.28. The summed E-state index contributed by atoms with van der Waals surface area (Å²) in [7, 11) is -7.38. The number of anilines is 3. The fourth-order valence-corrected chi connectivity index (χ4v) is 8.52. The molecule has 1 aliphatic rings. The fraction of sp³-hybridized carbons (Fsp3) is 0.242. The first-order valence-electron chi connectivity index (χ1n) is 15.2. The molecule has 0 saturated carbocycles. The van der Waals surface area contributed by atoms with E-state index in [4.69, 9.17) is 16.2 Å². The van der Waals surface area contributed by atoms with E-state index >= 15 is 0 Å². The van der Waals surface area contributed by atoms with E-state index < -0.39 is 45.0 Å². The van der Waals surface area contributed by atoms with Crippen LogP contribution in [-0.4, -0.2) is 67.8 Å². The van der Waals surface area contributed by atoms with E-state index in [0.29, 0.717) is 18.0 Å². The van der Waals surface area contributed by atoms with E-state index in [9.17, 15) is 31.2 Å². The minimum absolute atomic E-state index is 0.0289. The Hall–Kier alpha value is -5.19. The van der Waals surface area contributed by atoms with Gasteiger partial charge in [0, 0.05) is 23.0 Å². The minimum Gasteiger partial charge on any atom is -0.497 e. The molecule has 258 valence electrons. The first kappa shape index (κ1) is 35.1. The molecule has 0 spiro atoms. The average Bonchev–Trinajstić information content (AvgIpc) is 3.09. The second-order valence-electron chi connectivity index (χ2n) is 11.3. The van der Waals surface area contributed by atoms with Crippen LogP contribution in [0.2, 0.25) is 0 Å². The minimum atomic E-state index is -4.44. The number of nitrogens with zero attached hydrogens (tertiary/aromatic N) is 2. The van der Waals surface area contributed by atoms with Crippen molar-refractivity contribution in [3.05, 3.63) is 84.9 Å². The molecule has 1 heterocycles. The van der Waals surface area contributed by atoms with Gasteiger partial charge in [-0.2, -0.15) is 0 Å². The van der Waals surface area contributed by atoms with Crippen molar-refractivity contribution in [3.63, 3.8) is 0 Å². The second kappa shape index (κ2) is 14.5. The van der Waals surface area contributed by atoms with Crippen LogP contribution in [0.1, 0.15) is 12.8 Å². The highest BCUT2D eigenvalue weighted by molar-refractivity contribution is 7.93. The number of fused-ring (bicyclic) bond motifs is 1. The van der Waals surface area contributed by atoms with Crippen LogP contribution in [0, 0.1) is 5.92 Å². The summed E-state index contributed by atoms with van der Waals surface area (Å²) < 4.78 is 62.8. The van der Waals surface area contributed by atoms with Crippen LogP contribution in [0.15, 0.2) is 94.7 Å². The SMILES string of the molecule is COc1ccc(S(=O)(=O)N(CC(N)=O)c2ccc(N(CC(N)=O)S(=O)(=O)c3ccc(NC(=O)[C@H]4CCCNC4)cc3)c3ccccc23)cc1. The average molecular weight is 709 g/mol. The van der Waals surface area contributed by atoms with Crippen molar-refractivity contribution in [2.45, 2.75) is 22.6 Å². The molecule has 0 radical (unpaired) electrons. The molecule has 4 aromatic rings. The fourth-order valence-electron chi connectivity index (χ4n) is 5.62. The molecule has 5 rings (SSSR count). The van der Waals surface area contributed by atoms with E-state index in [2.05, 4.69) is 10.6 Å². The monoisotopic (exact) mass is 708 g/mol. The van der Waals surface area contributed by atoms with Gasteiger partial charge >= 0.3 is 0 Å². The number of rotatable bonds is 13. The van der Waals surface area contributed by atoms with Crippen molar-refractivity contribution >= 4 is 65.6 Å². The molecule has 3 amide bonds. The second-order valence-corrected chi connectivity index (χ2v) is 15.1. The number of sulfonamides is 2. The summed E-state index contributed by atoms with van der Waals surface area (Å²) >= 11 is 0. The summed E-state index contributed by atoms with van der Waals surface area (Å²) in [6.45, 7) is -0.0550. The van der Waals surface area contributed by atoms with Crippen LogP contribution < -0.4 is 35.4 Å². The van der Waals surface area contributed by atoms with Gasteiger partial charge in [0.2, 0.25) is 17.7 Å². The number of hydrogen-bond donors (Lipinski definition) is 4. The Morgan fingerprint density at radius 3 is 1.69 bits per heavy atom. The molecule has 1 fully saturated rings. The largest absolute Gasteiger partial charge is 0.497 e. The molecule has 0 unspecified atom stereocenters. The number of carbonyl (C=O) groups is 3. The van der Waals surface area contributed by atoms with Crippen molar-refractivity contribution in [2.75, 3.05) is 47.2 Å². The third-order valence-corrected chi connectivity index (χ3v) is 11.6. The van der Waals surface area contributed by atoms with Gasteiger partial charge in [0.1, 0.15) is 18.8 Å². The van der Waals surface area contributed by atoms with Gasteiger partial charge in [-0.1, -0.05) is 24.3 Å². The van der Waals surface area contributed by atoms with Crippen LogP contribution in [0.4, 0.5) is 17.1 Å². The molecule has 49 heavy (non-hydrogen) atoms.